The highest BCUT2D eigenvalue weighted by atomic mass is 16.3. The van der Waals surface area contributed by atoms with E-state index in [2.05, 4.69) is 15.3 Å². The monoisotopic (exact) mass is 284 g/mol. The molecular formula is C15H16N4O2. The molecule has 1 aromatic heterocycles. The zero-order valence-corrected chi connectivity index (χ0v) is 11.4. The van der Waals surface area contributed by atoms with Gasteiger partial charge in [0.2, 0.25) is 0 Å². The zero-order chi connectivity index (χ0) is 14.7. The lowest BCUT2D eigenvalue weighted by atomic mass is 10.1. The first-order valence-corrected chi connectivity index (χ1v) is 6.83. The number of aliphatic hydroxyl groups excluding tert-OH is 1. The summed E-state index contributed by atoms with van der Waals surface area (Å²) in [7, 11) is 0. The summed E-state index contributed by atoms with van der Waals surface area (Å²) in [5, 5.41) is 12.6. The van der Waals surface area contributed by atoms with Gasteiger partial charge in [-0.2, -0.15) is 0 Å². The van der Waals surface area contributed by atoms with E-state index in [4.69, 9.17) is 0 Å². The van der Waals surface area contributed by atoms with Gasteiger partial charge in [0.15, 0.2) is 0 Å². The quantitative estimate of drug-likeness (QED) is 0.891. The second-order valence-electron chi connectivity index (χ2n) is 4.99. The van der Waals surface area contributed by atoms with E-state index in [9.17, 15) is 9.90 Å². The first-order valence-electron chi connectivity index (χ1n) is 6.83. The summed E-state index contributed by atoms with van der Waals surface area (Å²) in [6.07, 6.45) is 5.05. The van der Waals surface area contributed by atoms with Crippen LogP contribution in [0.15, 0.2) is 42.9 Å². The van der Waals surface area contributed by atoms with Crippen molar-refractivity contribution in [3.05, 3.63) is 48.4 Å². The van der Waals surface area contributed by atoms with Crippen LogP contribution in [0, 0.1) is 0 Å². The largest absolute Gasteiger partial charge is 0.391 e. The number of nitrogens with zero attached hydrogens (tertiary/aromatic N) is 3. The maximum absolute atomic E-state index is 12.4. The van der Waals surface area contributed by atoms with Gasteiger partial charge in [-0.25, -0.2) is 4.98 Å². The van der Waals surface area contributed by atoms with Crippen LogP contribution in [0.4, 0.5) is 11.5 Å². The summed E-state index contributed by atoms with van der Waals surface area (Å²) < 4.78 is 0. The van der Waals surface area contributed by atoms with Gasteiger partial charge in [0.25, 0.3) is 5.91 Å². The lowest BCUT2D eigenvalue weighted by Gasteiger charge is -2.16. The van der Waals surface area contributed by atoms with E-state index in [1.807, 2.05) is 12.1 Å². The van der Waals surface area contributed by atoms with E-state index in [0.29, 0.717) is 30.9 Å². The SMILES string of the molecule is O=C(c1cccc(Nc2cnccn2)c1)N1CC[C@@H](O)C1. The summed E-state index contributed by atoms with van der Waals surface area (Å²) >= 11 is 0. The molecule has 6 heteroatoms. The molecule has 1 fully saturated rings. The van der Waals surface area contributed by atoms with E-state index in [1.54, 1.807) is 35.6 Å². The molecule has 6 nitrogen and oxygen atoms in total. The first kappa shape index (κ1) is 13.5. The van der Waals surface area contributed by atoms with Crippen LogP contribution in [0.3, 0.4) is 0 Å². The van der Waals surface area contributed by atoms with Gasteiger partial charge in [0.1, 0.15) is 5.82 Å². The van der Waals surface area contributed by atoms with Crippen LogP contribution in [0.2, 0.25) is 0 Å². The van der Waals surface area contributed by atoms with Gasteiger partial charge in [0, 0.05) is 36.7 Å². The second-order valence-corrected chi connectivity index (χ2v) is 4.99. The Kier molecular flexibility index (Phi) is 3.79. The van der Waals surface area contributed by atoms with Crippen molar-refractivity contribution in [2.75, 3.05) is 18.4 Å². The van der Waals surface area contributed by atoms with Crippen LogP contribution < -0.4 is 5.32 Å². The van der Waals surface area contributed by atoms with Gasteiger partial charge in [-0.1, -0.05) is 6.07 Å². The minimum atomic E-state index is -0.408. The summed E-state index contributed by atoms with van der Waals surface area (Å²) in [5.41, 5.74) is 1.37. The number of aromatic nitrogens is 2. The molecule has 1 aliphatic heterocycles. The van der Waals surface area contributed by atoms with Gasteiger partial charge < -0.3 is 15.3 Å². The molecule has 108 valence electrons. The Morgan fingerprint density at radius 2 is 2.29 bits per heavy atom. The summed E-state index contributed by atoms with van der Waals surface area (Å²) in [6.45, 7) is 1.00. The summed E-state index contributed by atoms with van der Waals surface area (Å²) in [4.78, 5) is 22.1. The molecule has 1 amide bonds. The predicted molar refractivity (Wildman–Crippen MR) is 78.3 cm³/mol. The van der Waals surface area contributed by atoms with Crippen molar-refractivity contribution < 1.29 is 9.90 Å². The van der Waals surface area contributed by atoms with Gasteiger partial charge in [-0.05, 0) is 24.6 Å². The van der Waals surface area contributed by atoms with E-state index in [-0.39, 0.29) is 5.91 Å². The third-order valence-corrected chi connectivity index (χ3v) is 3.40. The molecular weight excluding hydrogens is 268 g/mol. The number of carbonyl (C=O) groups is 1. The van der Waals surface area contributed by atoms with Gasteiger partial charge in [-0.15, -0.1) is 0 Å². The lowest BCUT2D eigenvalue weighted by Crippen LogP contribution is -2.29. The Morgan fingerprint density at radius 1 is 1.38 bits per heavy atom. The van der Waals surface area contributed by atoms with Crippen LogP contribution >= 0.6 is 0 Å². The molecule has 0 saturated carbocycles. The van der Waals surface area contributed by atoms with Crippen LogP contribution in [0.1, 0.15) is 16.8 Å². The molecule has 21 heavy (non-hydrogen) atoms. The minimum Gasteiger partial charge on any atom is -0.391 e. The van der Waals surface area contributed by atoms with Crippen LogP contribution in [-0.2, 0) is 0 Å². The fraction of sp³-hybridized carbons (Fsp3) is 0.267. The van der Waals surface area contributed by atoms with E-state index in [1.165, 1.54) is 0 Å². The Balaban J connectivity index is 1.75. The van der Waals surface area contributed by atoms with Crippen molar-refractivity contribution in [2.24, 2.45) is 0 Å². The molecule has 0 aliphatic carbocycles. The molecule has 1 atom stereocenters. The Hall–Kier alpha value is -2.47. The fourth-order valence-electron chi connectivity index (χ4n) is 2.35. The van der Waals surface area contributed by atoms with Crippen LogP contribution in [-0.4, -0.2) is 45.1 Å². The molecule has 3 rings (SSSR count). The third-order valence-electron chi connectivity index (χ3n) is 3.40. The van der Waals surface area contributed by atoms with Crippen LogP contribution in [0.25, 0.3) is 0 Å². The number of rotatable bonds is 3. The Labute approximate surface area is 122 Å². The topological polar surface area (TPSA) is 78.4 Å². The number of anilines is 2. The van der Waals surface area contributed by atoms with Crippen molar-refractivity contribution in [1.29, 1.82) is 0 Å². The first-order chi connectivity index (χ1) is 10.2. The summed E-state index contributed by atoms with van der Waals surface area (Å²) in [5.74, 6) is 0.563. The van der Waals surface area contributed by atoms with Crippen molar-refractivity contribution in [3.63, 3.8) is 0 Å². The molecule has 2 heterocycles. The molecule has 0 unspecified atom stereocenters. The van der Waals surface area contributed by atoms with Crippen LogP contribution in [0.5, 0.6) is 0 Å². The molecule has 0 radical (unpaired) electrons. The highest BCUT2D eigenvalue weighted by Gasteiger charge is 2.25. The number of nitrogens with one attached hydrogen (secondary N) is 1. The normalized spacial score (nSPS) is 17.8. The number of benzene rings is 1. The number of hydrogen-bond acceptors (Lipinski definition) is 5. The second kappa shape index (κ2) is 5.88. The Bertz CT molecular complexity index is 633. The fourth-order valence-corrected chi connectivity index (χ4v) is 2.35. The summed E-state index contributed by atoms with van der Waals surface area (Å²) in [6, 6.07) is 7.24. The Morgan fingerprint density at radius 3 is 3.00 bits per heavy atom. The maximum atomic E-state index is 12.4. The van der Waals surface area contributed by atoms with Gasteiger partial charge in [0.05, 0.1) is 12.3 Å². The van der Waals surface area contributed by atoms with E-state index >= 15 is 0 Å². The number of aliphatic hydroxyl groups is 1. The standard InChI is InChI=1S/C15H16N4O2/c20-13-4-7-19(10-13)15(21)11-2-1-3-12(8-11)18-14-9-16-5-6-17-14/h1-3,5-6,8-9,13,20H,4,7,10H2,(H,17,18)/t13-/m1/s1. The molecule has 1 saturated heterocycles. The molecule has 1 aliphatic rings. The van der Waals surface area contributed by atoms with Crippen molar-refractivity contribution in [2.45, 2.75) is 12.5 Å². The van der Waals surface area contributed by atoms with Gasteiger partial charge >= 0.3 is 0 Å². The number of likely N-dealkylation sites (tertiary alicyclic amines) is 1. The molecule has 0 bridgehead atoms. The van der Waals surface area contributed by atoms with E-state index < -0.39 is 6.10 Å². The lowest BCUT2D eigenvalue weighted by molar-refractivity contribution is 0.0765. The number of β-amino-alcohol motifs (C(OH)–C–C–N with tert-alkyl or cyclic N) is 1. The third kappa shape index (κ3) is 3.17. The number of hydrogen-bond donors (Lipinski definition) is 2. The maximum Gasteiger partial charge on any atom is 0.254 e. The molecule has 2 N–H and O–H groups in total. The predicted octanol–water partition coefficient (Wildman–Crippen LogP) is 1.43. The number of amides is 1. The van der Waals surface area contributed by atoms with Gasteiger partial charge in [-0.3, -0.25) is 9.78 Å². The number of carbonyl (C=O) groups excluding carboxylic acids is 1. The highest BCUT2D eigenvalue weighted by molar-refractivity contribution is 5.95. The average Bonchev–Trinajstić information content (AvgIpc) is 2.94. The van der Waals surface area contributed by atoms with Crippen molar-refractivity contribution in [1.82, 2.24) is 14.9 Å². The molecule has 2 aromatic rings. The van der Waals surface area contributed by atoms with E-state index in [0.717, 1.165) is 5.69 Å². The zero-order valence-electron chi connectivity index (χ0n) is 11.4. The van der Waals surface area contributed by atoms with Crippen molar-refractivity contribution in [3.8, 4) is 0 Å². The molecule has 1 aromatic carbocycles. The average molecular weight is 284 g/mol. The molecule has 0 spiro atoms. The van der Waals surface area contributed by atoms with Crippen molar-refractivity contribution >= 4 is 17.4 Å². The minimum absolute atomic E-state index is 0.0608. The smallest absolute Gasteiger partial charge is 0.254 e. The highest BCUT2D eigenvalue weighted by Crippen LogP contribution is 2.18.